The Balaban J connectivity index is 1.99. The molecule has 1 heterocycles. The van der Waals surface area contributed by atoms with Crippen molar-refractivity contribution in [2.45, 2.75) is 51.5 Å². The van der Waals surface area contributed by atoms with Gasteiger partial charge in [0.25, 0.3) is 5.91 Å². The molecule has 1 N–H and O–H groups in total. The Hall–Kier alpha value is -1.39. The van der Waals surface area contributed by atoms with E-state index in [4.69, 9.17) is 5.11 Å². The largest absolute Gasteiger partial charge is 0.481 e. The third kappa shape index (κ3) is 2.48. The van der Waals surface area contributed by atoms with Crippen LogP contribution in [0.2, 0.25) is 0 Å². The molecule has 0 saturated heterocycles. The van der Waals surface area contributed by atoms with Crippen LogP contribution in [0.3, 0.4) is 0 Å². The number of hydrazone groups is 1. The van der Waals surface area contributed by atoms with Crippen LogP contribution in [-0.4, -0.2) is 33.7 Å². The van der Waals surface area contributed by atoms with Gasteiger partial charge in [-0.1, -0.05) is 12.8 Å². The Kier molecular flexibility index (Phi) is 3.45. The third-order valence-electron chi connectivity index (χ3n) is 3.61. The van der Waals surface area contributed by atoms with Gasteiger partial charge in [0.15, 0.2) is 0 Å². The predicted octanol–water partition coefficient (Wildman–Crippen LogP) is 1.63. The van der Waals surface area contributed by atoms with E-state index in [1.807, 2.05) is 6.92 Å². The number of amides is 1. The van der Waals surface area contributed by atoms with Crippen LogP contribution < -0.4 is 0 Å². The van der Waals surface area contributed by atoms with E-state index in [2.05, 4.69) is 5.10 Å². The van der Waals surface area contributed by atoms with Crippen LogP contribution in [0, 0.1) is 5.92 Å². The Morgan fingerprint density at radius 2 is 2.12 bits per heavy atom. The van der Waals surface area contributed by atoms with E-state index in [1.54, 1.807) is 5.01 Å². The number of rotatable bonds is 4. The number of aliphatic carboxylic acids is 1. The van der Waals surface area contributed by atoms with Gasteiger partial charge in [-0.15, -0.1) is 0 Å². The average Bonchev–Trinajstić information content (AvgIpc) is 2.85. The molecule has 1 atom stereocenters. The fourth-order valence-electron chi connectivity index (χ4n) is 2.64. The number of nitrogens with zero attached hydrogens (tertiary/aromatic N) is 2. The van der Waals surface area contributed by atoms with E-state index in [1.165, 1.54) is 0 Å². The van der Waals surface area contributed by atoms with Gasteiger partial charge in [0.05, 0.1) is 12.0 Å². The monoisotopic (exact) mass is 238 g/mol. The molecule has 2 aliphatic rings. The van der Waals surface area contributed by atoms with Crippen LogP contribution >= 0.6 is 0 Å². The minimum atomic E-state index is -0.857. The number of carbonyl (C=O) groups is 2. The van der Waals surface area contributed by atoms with Crippen molar-refractivity contribution in [3.63, 3.8) is 0 Å². The van der Waals surface area contributed by atoms with E-state index in [0.29, 0.717) is 6.42 Å². The molecule has 1 aliphatic heterocycles. The topological polar surface area (TPSA) is 70.0 Å². The molecule has 2 rings (SSSR count). The first-order chi connectivity index (χ1) is 8.09. The molecule has 1 fully saturated rings. The SMILES string of the molecule is CC1=NN(C2CCCC2)C(=O)C1CCC(=O)O. The molecule has 5 heteroatoms. The Morgan fingerprint density at radius 3 is 2.71 bits per heavy atom. The quantitative estimate of drug-likeness (QED) is 0.809. The van der Waals surface area contributed by atoms with Crippen molar-refractivity contribution in [3.05, 3.63) is 0 Å². The first kappa shape index (κ1) is 12.1. The number of carboxylic acid groups (broad SMARTS) is 1. The Morgan fingerprint density at radius 1 is 1.47 bits per heavy atom. The summed E-state index contributed by atoms with van der Waals surface area (Å²) < 4.78 is 0. The zero-order valence-electron chi connectivity index (χ0n) is 10.1. The summed E-state index contributed by atoms with van der Waals surface area (Å²) in [4.78, 5) is 22.7. The van der Waals surface area contributed by atoms with Crippen LogP contribution in [0.1, 0.15) is 45.4 Å². The van der Waals surface area contributed by atoms with E-state index in [0.717, 1.165) is 31.4 Å². The van der Waals surface area contributed by atoms with Gasteiger partial charge in [-0.2, -0.15) is 5.10 Å². The zero-order chi connectivity index (χ0) is 12.4. The molecule has 1 unspecified atom stereocenters. The highest BCUT2D eigenvalue weighted by Crippen LogP contribution is 2.30. The second-order valence-electron chi connectivity index (χ2n) is 4.85. The van der Waals surface area contributed by atoms with Crippen molar-refractivity contribution in [2.24, 2.45) is 11.0 Å². The average molecular weight is 238 g/mol. The maximum atomic E-state index is 12.1. The zero-order valence-corrected chi connectivity index (χ0v) is 10.1. The second-order valence-corrected chi connectivity index (χ2v) is 4.85. The lowest BCUT2D eigenvalue weighted by Crippen LogP contribution is -2.34. The maximum Gasteiger partial charge on any atom is 0.303 e. The van der Waals surface area contributed by atoms with E-state index >= 15 is 0 Å². The molecule has 5 nitrogen and oxygen atoms in total. The van der Waals surface area contributed by atoms with Crippen molar-refractivity contribution in [1.29, 1.82) is 0 Å². The van der Waals surface area contributed by atoms with Crippen molar-refractivity contribution >= 4 is 17.6 Å². The minimum absolute atomic E-state index is 0.00403. The lowest BCUT2D eigenvalue weighted by atomic mass is 9.98. The van der Waals surface area contributed by atoms with E-state index in [9.17, 15) is 9.59 Å². The molecule has 1 saturated carbocycles. The van der Waals surface area contributed by atoms with E-state index in [-0.39, 0.29) is 24.3 Å². The van der Waals surface area contributed by atoms with Crippen LogP contribution in [0.25, 0.3) is 0 Å². The molecule has 0 radical (unpaired) electrons. The molecule has 1 amide bonds. The van der Waals surface area contributed by atoms with Crippen LogP contribution in [-0.2, 0) is 9.59 Å². The van der Waals surface area contributed by atoms with Crippen LogP contribution in [0.5, 0.6) is 0 Å². The number of carboxylic acids is 1. The molecule has 0 spiro atoms. The van der Waals surface area contributed by atoms with Gasteiger partial charge in [0, 0.05) is 12.1 Å². The molecule has 0 aromatic carbocycles. The molecule has 1 aliphatic carbocycles. The smallest absolute Gasteiger partial charge is 0.303 e. The highest BCUT2D eigenvalue weighted by Gasteiger charge is 2.38. The fourth-order valence-corrected chi connectivity index (χ4v) is 2.64. The van der Waals surface area contributed by atoms with Gasteiger partial charge in [0.1, 0.15) is 0 Å². The molecule has 17 heavy (non-hydrogen) atoms. The molecular weight excluding hydrogens is 220 g/mol. The summed E-state index contributed by atoms with van der Waals surface area (Å²) in [6.45, 7) is 1.82. The highest BCUT2D eigenvalue weighted by molar-refractivity contribution is 6.07. The molecule has 0 aromatic rings. The first-order valence-electron chi connectivity index (χ1n) is 6.19. The lowest BCUT2D eigenvalue weighted by Gasteiger charge is -2.20. The molecule has 94 valence electrons. The van der Waals surface area contributed by atoms with Gasteiger partial charge in [0.2, 0.25) is 0 Å². The molecule has 0 aromatic heterocycles. The standard InChI is InChI=1S/C12H18N2O3/c1-8-10(6-7-11(15)16)12(17)14(13-8)9-4-2-3-5-9/h9-10H,2-7H2,1H3,(H,15,16). The Labute approximate surface area is 100 Å². The predicted molar refractivity (Wildman–Crippen MR) is 62.6 cm³/mol. The summed E-state index contributed by atoms with van der Waals surface area (Å²) >= 11 is 0. The minimum Gasteiger partial charge on any atom is -0.481 e. The van der Waals surface area contributed by atoms with Crippen molar-refractivity contribution in [3.8, 4) is 0 Å². The summed E-state index contributed by atoms with van der Waals surface area (Å²) in [5.74, 6) is -1.17. The van der Waals surface area contributed by atoms with Gasteiger partial charge < -0.3 is 5.11 Å². The Bertz CT molecular complexity index is 359. The normalized spacial score (nSPS) is 25.5. The van der Waals surface area contributed by atoms with Crippen LogP contribution in [0.4, 0.5) is 0 Å². The van der Waals surface area contributed by atoms with Crippen molar-refractivity contribution in [1.82, 2.24) is 5.01 Å². The first-order valence-corrected chi connectivity index (χ1v) is 6.19. The lowest BCUT2D eigenvalue weighted by molar-refractivity contribution is -0.138. The van der Waals surface area contributed by atoms with Gasteiger partial charge in [-0.3, -0.25) is 9.59 Å². The summed E-state index contributed by atoms with van der Waals surface area (Å²) in [6, 6.07) is 0.243. The van der Waals surface area contributed by atoms with Crippen molar-refractivity contribution in [2.75, 3.05) is 0 Å². The fraction of sp³-hybridized carbons (Fsp3) is 0.750. The summed E-state index contributed by atoms with van der Waals surface area (Å²) in [5.41, 5.74) is 0.767. The number of hydrogen-bond acceptors (Lipinski definition) is 3. The number of carbonyl (C=O) groups excluding carboxylic acids is 1. The number of hydrogen-bond donors (Lipinski definition) is 1. The highest BCUT2D eigenvalue weighted by atomic mass is 16.4. The van der Waals surface area contributed by atoms with E-state index < -0.39 is 5.97 Å². The molecule has 0 bridgehead atoms. The summed E-state index contributed by atoms with van der Waals surface area (Å²) in [7, 11) is 0. The third-order valence-corrected chi connectivity index (χ3v) is 3.61. The van der Waals surface area contributed by atoms with Crippen LogP contribution in [0.15, 0.2) is 5.10 Å². The summed E-state index contributed by atoms with van der Waals surface area (Å²) in [6.07, 6.45) is 4.75. The van der Waals surface area contributed by atoms with Gasteiger partial charge in [-0.25, -0.2) is 5.01 Å². The maximum absolute atomic E-state index is 12.1. The van der Waals surface area contributed by atoms with Crippen molar-refractivity contribution < 1.29 is 14.7 Å². The van der Waals surface area contributed by atoms with Gasteiger partial charge in [-0.05, 0) is 26.2 Å². The summed E-state index contributed by atoms with van der Waals surface area (Å²) in [5, 5.41) is 14.6. The van der Waals surface area contributed by atoms with Gasteiger partial charge >= 0.3 is 5.97 Å². The second kappa shape index (κ2) is 4.85. The molecular formula is C12H18N2O3.